The Morgan fingerprint density at radius 2 is 1.76 bits per heavy atom. The Hall–Kier alpha value is -3.54. The third-order valence-corrected chi connectivity index (χ3v) is 4.35. The quantitative estimate of drug-likeness (QED) is 0.597. The van der Waals surface area contributed by atoms with Crippen LogP contribution in [0.1, 0.15) is 41.4 Å². The summed E-state index contributed by atoms with van der Waals surface area (Å²) in [7, 11) is 0. The van der Waals surface area contributed by atoms with Crippen LogP contribution in [0.15, 0.2) is 71.3 Å². The Morgan fingerprint density at radius 3 is 2.52 bits per heavy atom. The summed E-state index contributed by atoms with van der Waals surface area (Å²) in [6.07, 6.45) is 1.55. The Kier molecular flexibility index (Phi) is 6.68. The second kappa shape index (κ2) is 9.59. The lowest BCUT2D eigenvalue weighted by Crippen LogP contribution is -2.26. The number of hydrogen-bond donors (Lipinski definition) is 2. The van der Waals surface area contributed by atoms with Crippen molar-refractivity contribution in [2.24, 2.45) is 0 Å². The first-order chi connectivity index (χ1) is 14.0. The molecule has 0 saturated heterocycles. The van der Waals surface area contributed by atoms with Crippen LogP contribution in [-0.2, 0) is 11.3 Å². The molecule has 0 bridgehead atoms. The van der Waals surface area contributed by atoms with Gasteiger partial charge in [0, 0.05) is 0 Å². The molecule has 1 heterocycles. The molecule has 0 spiro atoms. The molecule has 2 aromatic carbocycles. The minimum absolute atomic E-state index is 0.147. The summed E-state index contributed by atoms with van der Waals surface area (Å²) >= 11 is 0. The highest BCUT2D eigenvalue weighted by molar-refractivity contribution is 6.04. The van der Waals surface area contributed by atoms with Crippen LogP contribution in [0.5, 0.6) is 5.75 Å². The van der Waals surface area contributed by atoms with Crippen molar-refractivity contribution in [2.75, 3.05) is 11.9 Å². The normalized spacial score (nSPS) is 10.6. The lowest BCUT2D eigenvalue weighted by Gasteiger charge is -2.14. The molecule has 6 heteroatoms. The molecule has 0 fully saturated rings. The summed E-state index contributed by atoms with van der Waals surface area (Å²) in [5.41, 5.74) is 1.84. The van der Waals surface area contributed by atoms with E-state index in [0.717, 1.165) is 5.56 Å². The Morgan fingerprint density at radius 1 is 1.00 bits per heavy atom. The Bertz CT molecular complexity index is 965. The maximum Gasteiger partial charge on any atom is 0.262 e. The zero-order valence-electron chi connectivity index (χ0n) is 16.5. The molecule has 6 nitrogen and oxygen atoms in total. The molecule has 0 aliphatic rings. The van der Waals surface area contributed by atoms with Crippen molar-refractivity contribution in [1.82, 2.24) is 5.32 Å². The van der Waals surface area contributed by atoms with E-state index in [9.17, 15) is 9.59 Å². The number of para-hydroxylation sites is 2. The molecular weight excluding hydrogens is 368 g/mol. The van der Waals surface area contributed by atoms with Gasteiger partial charge in [0.2, 0.25) is 0 Å². The van der Waals surface area contributed by atoms with Crippen molar-refractivity contribution in [3.05, 3.63) is 83.8 Å². The van der Waals surface area contributed by atoms with E-state index in [1.54, 1.807) is 42.7 Å². The van der Waals surface area contributed by atoms with E-state index in [4.69, 9.17) is 9.15 Å². The van der Waals surface area contributed by atoms with Crippen LogP contribution >= 0.6 is 0 Å². The van der Waals surface area contributed by atoms with Crippen LogP contribution in [0.4, 0.5) is 5.69 Å². The second-order valence-electron chi connectivity index (χ2n) is 6.84. The van der Waals surface area contributed by atoms with E-state index in [1.807, 2.05) is 24.3 Å². The van der Waals surface area contributed by atoms with Gasteiger partial charge in [-0.15, -0.1) is 0 Å². The highest BCUT2D eigenvalue weighted by Gasteiger charge is 2.14. The highest BCUT2D eigenvalue weighted by atomic mass is 16.5. The number of carbonyl (C=O) groups excluding carboxylic acids is 2. The molecule has 3 aromatic rings. The van der Waals surface area contributed by atoms with Crippen molar-refractivity contribution >= 4 is 17.5 Å². The van der Waals surface area contributed by atoms with Crippen molar-refractivity contribution in [1.29, 1.82) is 0 Å². The van der Waals surface area contributed by atoms with E-state index >= 15 is 0 Å². The molecule has 0 radical (unpaired) electrons. The van der Waals surface area contributed by atoms with E-state index in [2.05, 4.69) is 24.5 Å². The van der Waals surface area contributed by atoms with Crippen LogP contribution < -0.4 is 15.4 Å². The fourth-order valence-corrected chi connectivity index (χ4v) is 2.88. The predicted molar refractivity (Wildman–Crippen MR) is 111 cm³/mol. The molecule has 2 N–H and O–H groups in total. The van der Waals surface area contributed by atoms with Crippen LogP contribution in [0.25, 0.3) is 0 Å². The van der Waals surface area contributed by atoms with Crippen molar-refractivity contribution in [3.8, 4) is 5.75 Å². The molecule has 0 aliphatic carbocycles. The third-order valence-electron chi connectivity index (χ3n) is 4.35. The van der Waals surface area contributed by atoms with E-state index < -0.39 is 0 Å². The van der Waals surface area contributed by atoms with Crippen LogP contribution in [-0.4, -0.2) is 18.4 Å². The van der Waals surface area contributed by atoms with Gasteiger partial charge >= 0.3 is 0 Å². The maximum atomic E-state index is 12.5. The van der Waals surface area contributed by atoms with Crippen LogP contribution in [0, 0.1) is 0 Å². The first kappa shape index (κ1) is 20.2. The molecule has 0 unspecified atom stereocenters. The van der Waals surface area contributed by atoms with Crippen LogP contribution in [0.2, 0.25) is 0 Å². The first-order valence-corrected chi connectivity index (χ1v) is 9.45. The number of hydrogen-bond acceptors (Lipinski definition) is 4. The molecule has 3 rings (SSSR count). The summed E-state index contributed by atoms with van der Waals surface area (Å²) in [6.45, 7) is 4.26. The van der Waals surface area contributed by atoms with E-state index in [-0.39, 0.29) is 30.9 Å². The van der Waals surface area contributed by atoms with E-state index in [0.29, 0.717) is 22.8 Å². The lowest BCUT2D eigenvalue weighted by molar-refractivity contribution is -0.118. The number of amides is 2. The van der Waals surface area contributed by atoms with Gasteiger partial charge in [-0.05, 0) is 41.8 Å². The zero-order chi connectivity index (χ0) is 20.6. The average molecular weight is 392 g/mol. The van der Waals surface area contributed by atoms with Gasteiger partial charge in [0.1, 0.15) is 11.5 Å². The summed E-state index contributed by atoms with van der Waals surface area (Å²) in [5.74, 6) is 0.977. The smallest absolute Gasteiger partial charge is 0.262 e. The van der Waals surface area contributed by atoms with Gasteiger partial charge < -0.3 is 19.8 Å². The topological polar surface area (TPSA) is 80.6 Å². The van der Waals surface area contributed by atoms with Gasteiger partial charge in [0.25, 0.3) is 11.8 Å². The van der Waals surface area contributed by atoms with Crippen molar-refractivity contribution in [3.63, 3.8) is 0 Å². The summed E-state index contributed by atoms with van der Waals surface area (Å²) in [6, 6.07) is 18.0. The zero-order valence-corrected chi connectivity index (χ0v) is 16.5. The standard InChI is InChI=1S/C23H24N2O4/c1-16(2)18-9-4-6-12-21(18)29-15-22(26)25-20-11-5-3-10-19(20)23(27)24-14-17-8-7-13-28-17/h3-13,16H,14-15H2,1-2H3,(H,24,27)(H,25,26). The molecule has 29 heavy (non-hydrogen) atoms. The predicted octanol–water partition coefficient (Wildman–Crippen LogP) is 4.35. The fourth-order valence-electron chi connectivity index (χ4n) is 2.88. The average Bonchev–Trinajstić information content (AvgIpc) is 3.25. The minimum Gasteiger partial charge on any atom is -0.483 e. The second-order valence-corrected chi connectivity index (χ2v) is 6.84. The maximum absolute atomic E-state index is 12.5. The highest BCUT2D eigenvalue weighted by Crippen LogP contribution is 2.25. The molecule has 150 valence electrons. The van der Waals surface area contributed by atoms with Crippen molar-refractivity contribution in [2.45, 2.75) is 26.3 Å². The number of ether oxygens (including phenoxy) is 1. The molecule has 0 atom stereocenters. The number of benzene rings is 2. The Labute approximate surface area is 169 Å². The van der Waals surface area contributed by atoms with Gasteiger partial charge in [0.15, 0.2) is 6.61 Å². The van der Waals surface area contributed by atoms with Gasteiger partial charge in [0.05, 0.1) is 24.1 Å². The molecule has 0 saturated carbocycles. The van der Waals surface area contributed by atoms with Crippen LogP contribution in [0.3, 0.4) is 0 Å². The third kappa shape index (κ3) is 5.48. The lowest BCUT2D eigenvalue weighted by atomic mass is 10.0. The summed E-state index contributed by atoms with van der Waals surface area (Å²) in [4.78, 5) is 24.9. The largest absolute Gasteiger partial charge is 0.483 e. The first-order valence-electron chi connectivity index (χ1n) is 9.45. The summed E-state index contributed by atoms with van der Waals surface area (Å²) < 4.78 is 10.9. The molecular formula is C23H24N2O4. The summed E-state index contributed by atoms with van der Waals surface area (Å²) in [5, 5.41) is 5.53. The number of carbonyl (C=O) groups is 2. The van der Waals surface area contributed by atoms with Gasteiger partial charge in [-0.3, -0.25) is 9.59 Å². The monoisotopic (exact) mass is 392 g/mol. The van der Waals surface area contributed by atoms with Gasteiger partial charge in [-0.1, -0.05) is 44.2 Å². The number of nitrogens with one attached hydrogen (secondary N) is 2. The van der Waals surface area contributed by atoms with Gasteiger partial charge in [-0.25, -0.2) is 0 Å². The molecule has 0 aliphatic heterocycles. The number of anilines is 1. The van der Waals surface area contributed by atoms with Crippen molar-refractivity contribution < 1.29 is 18.7 Å². The van der Waals surface area contributed by atoms with E-state index in [1.165, 1.54) is 0 Å². The fraction of sp³-hybridized carbons (Fsp3) is 0.217. The number of furan rings is 1. The number of rotatable bonds is 8. The minimum atomic E-state index is -0.338. The molecule has 2 amide bonds. The SMILES string of the molecule is CC(C)c1ccccc1OCC(=O)Nc1ccccc1C(=O)NCc1ccco1. The Balaban J connectivity index is 1.61. The molecule has 1 aromatic heterocycles. The van der Waals surface area contributed by atoms with Gasteiger partial charge in [-0.2, -0.15) is 0 Å².